The largest absolute Gasteiger partial charge is 0.191 e. The molecular weight excluding hydrogens is 134 g/mol. The first kappa shape index (κ1) is 6.17. The number of nitrogens with zero attached hydrogens (tertiary/aromatic N) is 3. The zero-order chi connectivity index (χ0) is 6.69. The van der Waals surface area contributed by atoms with Crippen LogP contribution in [0.2, 0.25) is 0 Å². The van der Waals surface area contributed by atoms with Crippen molar-refractivity contribution in [2.24, 2.45) is 0 Å². The second-order valence-electron chi connectivity index (χ2n) is 1.51. The van der Waals surface area contributed by atoms with Gasteiger partial charge in [0.1, 0.15) is 10.9 Å². The average Bonchev–Trinajstić information content (AvgIpc) is 2.33. The number of nitriles is 1. The predicted octanol–water partition coefficient (Wildman–Crippen LogP) is 0.972. The first-order valence-corrected chi connectivity index (χ1v) is 3.37. The van der Waals surface area contributed by atoms with Crippen LogP contribution < -0.4 is 0 Å². The fraction of sp³-hybridized carbons (Fsp3) is 0.400. The summed E-state index contributed by atoms with van der Waals surface area (Å²) in [6.07, 6.45) is 0.791. The van der Waals surface area contributed by atoms with Gasteiger partial charge in [0.2, 0.25) is 0 Å². The van der Waals surface area contributed by atoms with Gasteiger partial charge in [-0.15, -0.1) is 5.10 Å². The molecule has 9 heavy (non-hydrogen) atoms. The summed E-state index contributed by atoms with van der Waals surface area (Å²) in [6.45, 7) is 1.96. The number of hydrogen-bond donors (Lipinski definition) is 0. The molecular formula is C5H5N3S. The number of aryl methyl sites for hydroxylation is 1. The highest BCUT2D eigenvalue weighted by Crippen LogP contribution is 2.07. The van der Waals surface area contributed by atoms with Crippen molar-refractivity contribution in [1.82, 2.24) is 9.59 Å². The third-order valence-electron chi connectivity index (χ3n) is 0.992. The van der Waals surface area contributed by atoms with Gasteiger partial charge in [0.15, 0.2) is 0 Å². The second kappa shape index (κ2) is 2.55. The third kappa shape index (κ3) is 1.06. The van der Waals surface area contributed by atoms with Crippen LogP contribution in [0.15, 0.2) is 0 Å². The van der Waals surface area contributed by atoms with E-state index < -0.39 is 0 Å². The second-order valence-corrected chi connectivity index (χ2v) is 2.27. The fourth-order valence-electron chi connectivity index (χ4n) is 0.525. The molecule has 1 aromatic heterocycles. The van der Waals surface area contributed by atoms with Crippen molar-refractivity contribution in [3.63, 3.8) is 0 Å². The summed E-state index contributed by atoms with van der Waals surface area (Å²) in [7, 11) is 0. The molecule has 1 heterocycles. The van der Waals surface area contributed by atoms with E-state index in [1.54, 1.807) is 0 Å². The molecule has 0 amide bonds. The van der Waals surface area contributed by atoms with Gasteiger partial charge in [-0.05, 0) is 18.0 Å². The lowest BCUT2D eigenvalue weighted by Gasteiger charge is -1.80. The molecule has 3 nitrogen and oxygen atoms in total. The lowest BCUT2D eigenvalue weighted by atomic mass is 10.3. The molecule has 0 bridgehead atoms. The van der Waals surface area contributed by atoms with Gasteiger partial charge in [-0.25, -0.2) is 0 Å². The molecule has 0 unspecified atom stereocenters. The van der Waals surface area contributed by atoms with Crippen molar-refractivity contribution >= 4 is 11.5 Å². The van der Waals surface area contributed by atoms with Gasteiger partial charge >= 0.3 is 0 Å². The molecule has 1 rings (SSSR count). The van der Waals surface area contributed by atoms with E-state index in [0.29, 0.717) is 4.88 Å². The minimum Gasteiger partial charge on any atom is -0.191 e. The molecule has 0 aliphatic heterocycles. The molecule has 0 saturated carbocycles. The SMILES string of the molecule is CCc1nnsc1C#N. The number of hydrogen-bond acceptors (Lipinski definition) is 4. The minimum atomic E-state index is 0.637. The van der Waals surface area contributed by atoms with Crippen LogP contribution in [0.25, 0.3) is 0 Å². The van der Waals surface area contributed by atoms with Crippen molar-refractivity contribution in [1.29, 1.82) is 5.26 Å². The Balaban J connectivity index is 3.02. The summed E-state index contributed by atoms with van der Waals surface area (Å²) < 4.78 is 3.63. The number of rotatable bonds is 1. The van der Waals surface area contributed by atoms with Crippen LogP contribution in [0.1, 0.15) is 17.5 Å². The van der Waals surface area contributed by atoms with E-state index >= 15 is 0 Å². The Morgan fingerprint density at radius 3 is 3.00 bits per heavy atom. The molecule has 0 saturated heterocycles. The highest BCUT2D eigenvalue weighted by Gasteiger charge is 2.01. The van der Waals surface area contributed by atoms with Crippen molar-refractivity contribution in [3.8, 4) is 6.07 Å². The van der Waals surface area contributed by atoms with E-state index in [1.165, 1.54) is 0 Å². The Hall–Kier alpha value is -0.950. The van der Waals surface area contributed by atoms with Crippen LogP contribution in [-0.2, 0) is 6.42 Å². The predicted molar refractivity (Wildman–Crippen MR) is 34.0 cm³/mol. The summed E-state index contributed by atoms with van der Waals surface area (Å²) in [5, 5.41) is 12.2. The Morgan fingerprint density at radius 2 is 2.56 bits per heavy atom. The summed E-state index contributed by atoms with van der Waals surface area (Å²) in [5.41, 5.74) is 0.808. The molecule has 0 aliphatic rings. The molecule has 0 aromatic carbocycles. The summed E-state index contributed by atoms with van der Waals surface area (Å²) >= 11 is 1.15. The molecule has 0 radical (unpaired) electrons. The van der Waals surface area contributed by atoms with E-state index in [2.05, 4.69) is 9.59 Å². The lowest BCUT2D eigenvalue weighted by Crippen LogP contribution is -1.81. The Morgan fingerprint density at radius 1 is 1.78 bits per heavy atom. The van der Waals surface area contributed by atoms with Crippen molar-refractivity contribution < 1.29 is 0 Å². The van der Waals surface area contributed by atoms with Crippen molar-refractivity contribution in [2.45, 2.75) is 13.3 Å². The highest BCUT2D eigenvalue weighted by molar-refractivity contribution is 7.06. The van der Waals surface area contributed by atoms with Crippen LogP contribution in [0.5, 0.6) is 0 Å². The monoisotopic (exact) mass is 139 g/mol. The highest BCUT2D eigenvalue weighted by atomic mass is 32.1. The van der Waals surface area contributed by atoms with E-state index in [4.69, 9.17) is 5.26 Å². The van der Waals surface area contributed by atoms with Crippen LogP contribution in [0.4, 0.5) is 0 Å². The van der Waals surface area contributed by atoms with Gasteiger partial charge in [-0.1, -0.05) is 11.4 Å². The quantitative estimate of drug-likeness (QED) is 0.582. The first-order valence-electron chi connectivity index (χ1n) is 2.59. The molecule has 0 aliphatic carbocycles. The smallest absolute Gasteiger partial charge is 0.148 e. The molecule has 1 aromatic rings. The molecule has 0 spiro atoms. The Labute approximate surface area is 57.1 Å². The molecule has 4 heteroatoms. The third-order valence-corrected chi connectivity index (χ3v) is 1.66. The lowest BCUT2D eigenvalue weighted by molar-refractivity contribution is 0.986. The fourth-order valence-corrected chi connectivity index (χ4v) is 1.08. The Kier molecular flexibility index (Phi) is 1.75. The van der Waals surface area contributed by atoms with Gasteiger partial charge in [0, 0.05) is 0 Å². The summed E-state index contributed by atoms with van der Waals surface area (Å²) in [5.74, 6) is 0. The summed E-state index contributed by atoms with van der Waals surface area (Å²) in [6, 6.07) is 2.02. The molecule has 0 fully saturated rings. The van der Waals surface area contributed by atoms with Gasteiger partial charge in [0.05, 0.1) is 5.69 Å². The first-order chi connectivity index (χ1) is 4.38. The van der Waals surface area contributed by atoms with Crippen LogP contribution in [0.3, 0.4) is 0 Å². The topological polar surface area (TPSA) is 49.6 Å². The maximum absolute atomic E-state index is 8.42. The van der Waals surface area contributed by atoms with E-state index in [0.717, 1.165) is 23.6 Å². The maximum Gasteiger partial charge on any atom is 0.148 e. The normalized spacial score (nSPS) is 8.89. The van der Waals surface area contributed by atoms with Crippen LogP contribution in [0, 0.1) is 11.3 Å². The Bertz CT molecular complexity index is 235. The zero-order valence-corrected chi connectivity index (χ0v) is 5.77. The molecule has 0 N–H and O–H groups in total. The van der Waals surface area contributed by atoms with Crippen LogP contribution in [-0.4, -0.2) is 9.59 Å². The van der Waals surface area contributed by atoms with Gasteiger partial charge in [0.25, 0.3) is 0 Å². The minimum absolute atomic E-state index is 0.637. The van der Waals surface area contributed by atoms with E-state index in [-0.39, 0.29) is 0 Å². The molecule has 46 valence electrons. The average molecular weight is 139 g/mol. The van der Waals surface area contributed by atoms with Crippen molar-refractivity contribution in [2.75, 3.05) is 0 Å². The maximum atomic E-state index is 8.42. The number of aromatic nitrogens is 2. The standard InChI is InChI=1S/C5H5N3S/c1-2-4-5(3-6)9-8-7-4/h2H2,1H3. The summed E-state index contributed by atoms with van der Waals surface area (Å²) in [4.78, 5) is 0.637. The van der Waals surface area contributed by atoms with Gasteiger partial charge in [-0.2, -0.15) is 5.26 Å². The van der Waals surface area contributed by atoms with E-state index in [9.17, 15) is 0 Å². The van der Waals surface area contributed by atoms with Gasteiger partial charge in [-0.3, -0.25) is 0 Å². The molecule has 0 atom stereocenters. The van der Waals surface area contributed by atoms with Gasteiger partial charge < -0.3 is 0 Å². The van der Waals surface area contributed by atoms with Crippen LogP contribution >= 0.6 is 11.5 Å². The zero-order valence-electron chi connectivity index (χ0n) is 4.96. The van der Waals surface area contributed by atoms with E-state index in [1.807, 2.05) is 13.0 Å². The van der Waals surface area contributed by atoms with Crippen molar-refractivity contribution in [3.05, 3.63) is 10.6 Å².